The summed E-state index contributed by atoms with van der Waals surface area (Å²) in [6, 6.07) is 0. The van der Waals surface area contributed by atoms with Crippen molar-refractivity contribution in [1.82, 2.24) is 0 Å². The maximum atomic E-state index is 2.45. The van der Waals surface area contributed by atoms with E-state index in [1.165, 1.54) is 25.7 Å². The molecule has 0 aliphatic rings. The number of hydrogen-bond donors (Lipinski definition) is 0. The fraction of sp³-hybridized carbons (Fsp3) is 1.00. The second kappa shape index (κ2) is 7.31. The van der Waals surface area contributed by atoms with Gasteiger partial charge in [-0.05, 0) is 23.7 Å². The third-order valence-electron chi connectivity index (χ3n) is 3.76. The molecule has 0 fully saturated rings. The van der Waals surface area contributed by atoms with Crippen LogP contribution in [0, 0.1) is 23.7 Å². The summed E-state index contributed by atoms with van der Waals surface area (Å²) in [5, 5.41) is 0. The fourth-order valence-corrected chi connectivity index (χ4v) is 3.15. The van der Waals surface area contributed by atoms with Crippen molar-refractivity contribution in [2.24, 2.45) is 23.7 Å². The lowest BCUT2D eigenvalue weighted by atomic mass is 9.72. The zero-order valence-corrected chi connectivity index (χ0v) is 11.1. The highest BCUT2D eigenvalue weighted by Gasteiger charge is 2.26. The Morgan fingerprint density at radius 2 is 1.36 bits per heavy atom. The summed E-state index contributed by atoms with van der Waals surface area (Å²) in [7, 11) is 0. The predicted octanol–water partition coefficient (Wildman–Crippen LogP) is 5.13. The molecule has 14 heavy (non-hydrogen) atoms. The van der Waals surface area contributed by atoms with E-state index in [0.717, 1.165) is 23.7 Å². The molecule has 0 aliphatic heterocycles. The van der Waals surface area contributed by atoms with E-state index < -0.39 is 0 Å². The van der Waals surface area contributed by atoms with Crippen LogP contribution < -0.4 is 0 Å². The summed E-state index contributed by atoms with van der Waals surface area (Å²) in [6.45, 7) is 14.3. The summed E-state index contributed by atoms with van der Waals surface area (Å²) in [6.07, 6.45) is 5.45. The van der Waals surface area contributed by atoms with Gasteiger partial charge in [0.25, 0.3) is 0 Å². The lowest BCUT2D eigenvalue weighted by Gasteiger charge is -2.34. The molecule has 0 rings (SSSR count). The Bertz CT molecular complexity index is 122. The van der Waals surface area contributed by atoms with Gasteiger partial charge in [-0.3, -0.25) is 0 Å². The molecule has 0 radical (unpaired) electrons. The van der Waals surface area contributed by atoms with Crippen molar-refractivity contribution < 1.29 is 0 Å². The lowest BCUT2D eigenvalue weighted by Crippen LogP contribution is -2.26. The Balaban J connectivity index is 4.39. The molecule has 0 heterocycles. The molecule has 0 saturated carbocycles. The third-order valence-corrected chi connectivity index (χ3v) is 3.76. The van der Waals surface area contributed by atoms with E-state index in [9.17, 15) is 0 Å². The third kappa shape index (κ3) is 4.02. The standard InChI is InChI=1S/C14H30/c1-7-10-12(6)14(11(4)5)13(8-2)9-3/h11-14H,7-10H2,1-6H3. The van der Waals surface area contributed by atoms with Crippen LogP contribution in [0.2, 0.25) is 0 Å². The quantitative estimate of drug-likeness (QED) is 0.532. The lowest BCUT2D eigenvalue weighted by molar-refractivity contribution is 0.157. The van der Waals surface area contributed by atoms with Crippen molar-refractivity contribution in [3.63, 3.8) is 0 Å². The molecule has 86 valence electrons. The molecular formula is C14H30. The van der Waals surface area contributed by atoms with Gasteiger partial charge in [0, 0.05) is 0 Å². The van der Waals surface area contributed by atoms with Gasteiger partial charge in [0.1, 0.15) is 0 Å². The van der Waals surface area contributed by atoms with Crippen LogP contribution in [-0.2, 0) is 0 Å². The van der Waals surface area contributed by atoms with Gasteiger partial charge in [0.05, 0.1) is 0 Å². The summed E-state index contributed by atoms with van der Waals surface area (Å²) >= 11 is 0. The summed E-state index contributed by atoms with van der Waals surface area (Å²) in [5.74, 6) is 3.63. The molecular weight excluding hydrogens is 168 g/mol. The molecule has 0 bridgehead atoms. The van der Waals surface area contributed by atoms with E-state index >= 15 is 0 Å². The van der Waals surface area contributed by atoms with E-state index in [-0.39, 0.29) is 0 Å². The SMILES string of the molecule is CCCC(C)C(C(C)C)C(CC)CC. The zero-order valence-electron chi connectivity index (χ0n) is 11.1. The second-order valence-electron chi connectivity index (χ2n) is 5.16. The first-order chi connectivity index (χ1) is 6.58. The molecule has 2 atom stereocenters. The van der Waals surface area contributed by atoms with Crippen molar-refractivity contribution >= 4 is 0 Å². The molecule has 0 aromatic rings. The monoisotopic (exact) mass is 198 g/mol. The molecule has 0 saturated heterocycles. The Kier molecular flexibility index (Phi) is 7.31. The topological polar surface area (TPSA) is 0 Å². The van der Waals surface area contributed by atoms with Gasteiger partial charge in [-0.2, -0.15) is 0 Å². The molecule has 0 aromatic carbocycles. The Morgan fingerprint density at radius 1 is 0.857 bits per heavy atom. The van der Waals surface area contributed by atoms with Crippen LogP contribution in [-0.4, -0.2) is 0 Å². The average molecular weight is 198 g/mol. The zero-order chi connectivity index (χ0) is 11.1. The summed E-state index contributed by atoms with van der Waals surface area (Å²) < 4.78 is 0. The van der Waals surface area contributed by atoms with E-state index in [2.05, 4.69) is 41.5 Å². The first kappa shape index (κ1) is 14.0. The molecule has 0 amide bonds. The molecule has 0 aliphatic carbocycles. The molecule has 0 nitrogen and oxygen atoms in total. The van der Waals surface area contributed by atoms with E-state index in [0.29, 0.717) is 0 Å². The van der Waals surface area contributed by atoms with Crippen LogP contribution >= 0.6 is 0 Å². The van der Waals surface area contributed by atoms with Crippen molar-refractivity contribution in [2.75, 3.05) is 0 Å². The van der Waals surface area contributed by atoms with Crippen LogP contribution in [0.15, 0.2) is 0 Å². The van der Waals surface area contributed by atoms with Crippen LogP contribution in [0.1, 0.15) is 67.2 Å². The minimum Gasteiger partial charge on any atom is -0.0654 e. The van der Waals surface area contributed by atoms with Crippen LogP contribution in [0.5, 0.6) is 0 Å². The van der Waals surface area contributed by atoms with Crippen molar-refractivity contribution in [2.45, 2.75) is 67.2 Å². The minimum atomic E-state index is 0.849. The van der Waals surface area contributed by atoms with Gasteiger partial charge in [0.2, 0.25) is 0 Å². The van der Waals surface area contributed by atoms with Crippen molar-refractivity contribution in [3.05, 3.63) is 0 Å². The van der Waals surface area contributed by atoms with Crippen LogP contribution in [0.4, 0.5) is 0 Å². The summed E-state index contributed by atoms with van der Waals surface area (Å²) in [5.41, 5.74) is 0. The second-order valence-corrected chi connectivity index (χ2v) is 5.16. The highest BCUT2D eigenvalue weighted by Crippen LogP contribution is 2.34. The number of rotatable bonds is 7. The van der Waals surface area contributed by atoms with Gasteiger partial charge in [-0.15, -0.1) is 0 Å². The smallest absolute Gasteiger partial charge is 0.0337 e. The Morgan fingerprint density at radius 3 is 1.64 bits per heavy atom. The van der Waals surface area contributed by atoms with Gasteiger partial charge in [-0.1, -0.05) is 67.2 Å². The van der Waals surface area contributed by atoms with Crippen LogP contribution in [0.25, 0.3) is 0 Å². The molecule has 0 spiro atoms. The highest BCUT2D eigenvalue weighted by atomic mass is 14.3. The molecule has 2 unspecified atom stereocenters. The predicted molar refractivity (Wildman–Crippen MR) is 66.5 cm³/mol. The first-order valence-electron chi connectivity index (χ1n) is 6.58. The molecule has 0 heteroatoms. The van der Waals surface area contributed by atoms with Crippen LogP contribution in [0.3, 0.4) is 0 Å². The minimum absolute atomic E-state index is 0.849. The Hall–Kier alpha value is 0. The van der Waals surface area contributed by atoms with Crippen molar-refractivity contribution in [1.29, 1.82) is 0 Å². The largest absolute Gasteiger partial charge is 0.0654 e. The van der Waals surface area contributed by atoms with Gasteiger partial charge < -0.3 is 0 Å². The Labute approximate surface area is 91.5 Å². The number of hydrogen-bond acceptors (Lipinski definition) is 0. The van der Waals surface area contributed by atoms with E-state index in [1.807, 2.05) is 0 Å². The highest BCUT2D eigenvalue weighted by molar-refractivity contribution is 4.76. The molecule has 0 N–H and O–H groups in total. The van der Waals surface area contributed by atoms with Gasteiger partial charge in [-0.25, -0.2) is 0 Å². The maximum Gasteiger partial charge on any atom is -0.0337 e. The summed E-state index contributed by atoms with van der Waals surface area (Å²) in [4.78, 5) is 0. The average Bonchev–Trinajstić information content (AvgIpc) is 2.13. The van der Waals surface area contributed by atoms with E-state index in [4.69, 9.17) is 0 Å². The first-order valence-corrected chi connectivity index (χ1v) is 6.58. The fourth-order valence-electron chi connectivity index (χ4n) is 3.15. The molecule has 0 aromatic heterocycles. The van der Waals surface area contributed by atoms with Gasteiger partial charge >= 0.3 is 0 Å². The maximum absolute atomic E-state index is 2.45. The van der Waals surface area contributed by atoms with Gasteiger partial charge in [0.15, 0.2) is 0 Å². The van der Waals surface area contributed by atoms with Crippen molar-refractivity contribution in [3.8, 4) is 0 Å². The van der Waals surface area contributed by atoms with E-state index in [1.54, 1.807) is 0 Å². The normalized spacial score (nSPS) is 16.3.